The van der Waals surface area contributed by atoms with E-state index in [4.69, 9.17) is 9.97 Å². The van der Waals surface area contributed by atoms with Gasteiger partial charge in [-0.25, -0.2) is 9.97 Å². The van der Waals surface area contributed by atoms with Crippen LogP contribution < -0.4 is 4.90 Å². The van der Waals surface area contributed by atoms with Crippen molar-refractivity contribution in [2.45, 2.75) is 19.9 Å². The number of anilines is 1. The number of fused-ring (bicyclic) bond motifs is 2. The largest absolute Gasteiger partial charge is 0.351 e. The molecule has 0 bridgehead atoms. The van der Waals surface area contributed by atoms with E-state index in [-0.39, 0.29) is 0 Å². The fourth-order valence-electron chi connectivity index (χ4n) is 3.76. The van der Waals surface area contributed by atoms with Gasteiger partial charge in [-0.3, -0.25) is 0 Å². The molecule has 26 heavy (non-hydrogen) atoms. The van der Waals surface area contributed by atoms with Crippen molar-refractivity contribution in [3.8, 4) is 11.4 Å². The van der Waals surface area contributed by atoms with Crippen LogP contribution >= 0.6 is 0 Å². The number of H-pyrrole nitrogens is 1. The van der Waals surface area contributed by atoms with Crippen LogP contribution in [-0.2, 0) is 13.0 Å². The molecule has 4 aromatic rings. The van der Waals surface area contributed by atoms with Crippen molar-refractivity contribution in [1.82, 2.24) is 15.0 Å². The fraction of sp³-hybridized carbons (Fsp3) is 0.182. The average Bonchev–Trinajstić information content (AvgIpc) is 3.07. The lowest BCUT2D eigenvalue weighted by atomic mass is 10.00. The zero-order valence-corrected chi connectivity index (χ0v) is 14.7. The van der Waals surface area contributed by atoms with Gasteiger partial charge in [0.15, 0.2) is 5.82 Å². The lowest BCUT2D eigenvalue weighted by molar-refractivity contribution is 0.723. The van der Waals surface area contributed by atoms with Crippen LogP contribution in [0.2, 0.25) is 0 Å². The number of rotatable bonds is 2. The van der Waals surface area contributed by atoms with E-state index in [9.17, 15) is 0 Å². The van der Waals surface area contributed by atoms with E-state index < -0.39 is 0 Å². The number of hydrogen-bond acceptors (Lipinski definition) is 3. The first-order valence-electron chi connectivity index (χ1n) is 9.02. The third kappa shape index (κ3) is 2.54. The second kappa shape index (κ2) is 5.99. The minimum atomic E-state index is 0.772. The molecule has 0 saturated carbocycles. The Morgan fingerprint density at radius 3 is 2.54 bits per heavy atom. The van der Waals surface area contributed by atoms with E-state index in [1.807, 2.05) is 18.2 Å². The third-order valence-corrected chi connectivity index (χ3v) is 5.06. The summed E-state index contributed by atoms with van der Waals surface area (Å²) >= 11 is 0. The molecule has 5 rings (SSSR count). The highest BCUT2D eigenvalue weighted by Gasteiger charge is 2.21. The Kier molecular flexibility index (Phi) is 3.49. The molecule has 1 aliphatic heterocycles. The number of aromatic amines is 1. The number of aromatic nitrogens is 3. The van der Waals surface area contributed by atoms with E-state index in [0.29, 0.717) is 0 Å². The van der Waals surface area contributed by atoms with Crippen molar-refractivity contribution in [3.05, 3.63) is 77.5 Å². The summed E-state index contributed by atoms with van der Waals surface area (Å²) < 4.78 is 0. The Bertz CT molecular complexity index is 1080. The van der Waals surface area contributed by atoms with Gasteiger partial charge in [0.05, 0.1) is 5.39 Å². The van der Waals surface area contributed by atoms with Gasteiger partial charge in [0.1, 0.15) is 11.5 Å². The Morgan fingerprint density at radius 2 is 1.69 bits per heavy atom. The summed E-state index contributed by atoms with van der Waals surface area (Å²) in [6.07, 6.45) is 1.05. The van der Waals surface area contributed by atoms with Gasteiger partial charge in [-0.15, -0.1) is 0 Å². The molecular weight excluding hydrogens is 320 g/mol. The lowest BCUT2D eigenvalue weighted by Crippen LogP contribution is -2.31. The fourth-order valence-corrected chi connectivity index (χ4v) is 3.76. The Morgan fingerprint density at radius 1 is 0.923 bits per heavy atom. The molecule has 0 fully saturated rings. The maximum atomic E-state index is 4.98. The first kappa shape index (κ1) is 15.1. The van der Waals surface area contributed by atoms with E-state index in [0.717, 1.165) is 53.4 Å². The quantitative estimate of drug-likeness (QED) is 0.584. The van der Waals surface area contributed by atoms with Gasteiger partial charge in [0, 0.05) is 24.3 Å². The normalized spacial score (nSPS) is 13.8. The van der Waals surface area contributed by atoms with Crippen LogP contribution in [0.5, 0.6) is 0 Å². The zero-order valence-electron chi connectivity index (χ0n) is 14.7. The first-order valence-corrected chi connectivity index (χ1v) is 9.02. The topological polar surface area (TPSA) is 44.8 Å². The molecule has 3 heterocycles. The summed E-state index contributed by atoms with van der Waals surface area (Å²) in [4.78, 5) is 15.5. The molecule has 0 radical (unpaired) electrons. The summed E-state index contributed by atoms with van der Waals surface area (Å²) in [7, 11) is 0. The highest BCUT2D eigenvalue weighted by molar-refractivity contribution is 5.90. The van der Waals surface area contributed by atoms with Crippen molar-refractivity contribution in [3.63, 3.8) is 0 Å². The van der Waals surface area contributed by atoms with E-state index in [1.54, 1.807) is 0 Å². The third-order valence-electron chi connectivity index (χ3n) is 5.06. The van der Waals surface area contributed by atoms with Gasteiger partial charge in [-0.1, -0.05) is 54.6 Å². The van der Waals surface area contributed by atoms with Crippen molar-refractivity contribution < 1.29 is 0 Å². The van der Waals surface area contributed by atoms with E-state index in [1.165, 1.54) is 11.1 Å². The van der Waals surface area contributed by atoms with Crippen molar-refractivity contribution in [1.29, 1.82) is 0 Å². The number of benzene rings is 2. The Balaban J connectivity index is 1.65. The molecule has 1 aliphatic rings. The monoisotopic (exact) mass is 340 g/mol. The number of aryl methyl sites for hydroxylation is 1. The summed E-state index contributed by atoms with van der Waals surface area (Å²) in [6.45, 7) is 3.93. The predicted molar refractivity (Wildman–Crippen MR) is 105 cm³/mol. The number of nitrogens with one attached hydrogen (secondary N) is 1. The highest BCUT2D eigenvalue weighted by atomic mass is 15.2. The van der Waals surface area contributed by atoms with Gasteiger partial charge in [-0.2, -0.15) is 0 Å². The molecule has 2 aromatic heterocycles. The molecule has 4 heteroatoms. The smallest absolute Gasteiger partial charge is 0.163 e. The van der Waals surface area contributed by atoms with Crippen molar-refractivity contribution in [2.75, 3.05) is 11.4 Å². The molecule has 0 aliphatic carbocycles. The van der Waals surface area contributed by atoms with Crippen LogP contribution in [0, 0.1) is 6.92 Å². The second-order valence-corrected chi connectivity index (χ2v) is 6.89. The molecule has 128 valence electrons. The van der Waals surface area contributed by atoms with Crippen molar-refractivity contribution in [2.24, 2.45) is 0 Å². The Hall–Kier alpha value is -3.14. The van der Waals surface area contributed by atoms with Crippen LogP contribution in [0.15, 0.2) is 60.7 Å². The van der Waals surface area contributed by atoms with Gasteiger partial charge in [0.25, 0.3) is 0 Å². The van der Waals surface area contributed by atoms with Gasteiger partial charge >= 0.3 is 0 Å². The molecule has 0 spiro atoms. The molecular formula is C22H20N4. The SMILES string of the molecule is Cc1cc2c(N3CCc4ccccc4C3)nc(-c3ccccc3)nc2[nH]1. The summed E-state index contributed by atoms with van der Waals surface area (Å²) in [5.41, 5.74) is 5.89. The van der Waals surface area contributed by atoms with Crippen LogP contribution in [-0.4, -0.2) is 21.5 Å². The molecule has 1 N–H and O–H groups in total. The van der Waals surface area contributed by atoms with Crippen molar-refractivity contribution >= 4 is 16.9 Å². The first-order chi connectivity index (χ1) is 12.8. The molecule has 0 amide bonds. The lowest BCUT2D eigenvalue weighted by Gasteiger charge is -2.30. The van der Waals surface area contributed by atoms with Gasteiger partial charge in [0.2, 0.25) is 0 Å². The van der Waals surface area contributed by atoms with Crippen LogP contribution in [0.4, 0.5) is 5.82 Å². The van der Waals surface area contributed by atoms with Crippen LogP contribution in [0.1, 0.15) is 16.8 Å². The van der Waals surface area contributed by atoms with Gasteiger partial charge in [-0.05, 0) is 30.5 Å². The van der Waals surface area contributed by atoms with Gasteiger partial charge < -0.3 is 9.88 Å². The average molecular weight is 340 g/mol. The molecule has 4 nitrogen and oxygen atoms in total. The Labute approximate surface area is 152 Å². The summed E-state index contributed by atoms with van der Waals surface area (Å²) in [6, 6.07) is 21.0. The molecule has 2 aromatic carbocycles. The second-order valence-electron chi connectivity index (χ2n) is 6.89. The van der Waals surface area contributed by atoms with Crippen LogP contribution in [0.25, 0.3) is 22.4 Å². The number of nitrogens with zero attached hydrogens (tertiary/aromatic N) is 3. The maximum absolute atomic E-state index is 4.98. The van der Waals surface area contributed by atoms with E-state index >= 15 is 0 Å². The zero-order chi connectivity index (χ0) is 17.5. The highest BCUT2D eigenvalue weighted by Crippen LogP contribution is 2.31. The standard InChI is InChI=1S/C22H20N4/c1-15-13-19-21(23-15)24-20(17-8-3-2-4-9-17)25-22(19)26-12-11-16-7-5-6-10-18(16)14-26/h2-10,13H,11-12,14H2,1H3,(H,23,24,25). The minimum Gasteiger partial charge on any atom is -0.351 e. The molecule has 0 unspecified atom stereocenters. The predicted octanol–water partition coefficient (Wildman–Crippen LogP) is 4.50. The maximum Gasteiger partial charge on any atom is 0.163 e. The summed E-state index contributed by atoms with van der Waals surface area (Å²) in [5, 5.41) is 1.10. The van der Waals surface area contributed by atoms with Crippen LogP contribution in [0.3, 0.4) is 0 Å². The summed E-state index contributed by atoms with van der Waals surface area (Å²) in [5.74, 6) is 1.79. The molecule has 0 atom stereocenters. The number of hydrogen-bond donors (Lipinski definition) is 1. The van der Waals surface area contributed by atoms with E-state index in [2.05, 4.69) is 59.3 Å². The molecule has 0 saturated heterocycles. The minimum absolute atomic E-state index is 0.772.